The van der Waals surface area contributed by atoms with E-state index < -0.39 is 11.6 Å². The number of benzene rings is 1. The number of nitrogens with one attached hydrogen (secondary N) is 1. The number of hydrazine groups is 1. The summed E-state index contributed by atoms with van der Waals surface area (Å²) in [4.78, 5) is 10.3. The minimum absolute atomic E-state index is 0.0112. The molecule has 3 N–H and O–H groups in total. The summed E-state index contributed by atoms with van der Waals surface area (Å²) in [6.07, 6.45) is 0. The van der Waals surface area contributed by atoms with Gasteiger partial charge in [-0.1, -0.05) is 0 Å². The van der Waals surface area contributed by atoms with Crippen LogP contribution < -0.4 is 11.3 Å². The van der Waals surface area contributed by atoms with Crippen molar-refractivity contribution >= 4 is 27.4 Å². The van der Waals surface area contributed by atoms with Gasteiger partial charge < -0.3 is 5.43 Å². The molecule has 3 aromatic rings. The second-order valence-electron chi connectivity index (χ2n) is 4.63. The third-order valence-corrected chi connectivity index (χ3v) is 4.44. The molecule has 0 fully saturated rings. The maximum Gasteiger partial charge on any atom is 0.166 e. The molecule has 0 spiro atoms. The predicted molar refractivity (Wildman–Crippen MR) is 80.1 cm³/mol. The fourth-order valence-corrected chi connectivity index (χ4v) is 3.17. The second kappa shape index (κ2) is 5.01. The van der Waals surface area contributed by atoms with Gasteiger partial charge in [-0.2, -0.15) is 0 Å². The van der Waals surface area contributed by atoms with Crippen molar-refractivity contribution in [1.29, 1.82) is 0 Å². The lowest BCUT2D eigenvalue weighted by Crippen LogP contribution is -2.10. The second-order valence-corrected chi connectivity index (χ2v) is 5.83. The third kappa shape index (κ3) is 2.24. The van der Waals surface area contributed by atoms with Gasteiger partial charge in [0.1, 0.15) is 16.5 Å². The first-order valence-corrected chi connectivity index (χ1v) is 7.02. The van der Waals surface area contributed by atoms with Crippen LogP contribution in [0.15, 0.2) is 18.2 Å². The van der Waals surface area contributed by atoms with Crippen molar-refractivity contribution in [3.63, 3.8) is 0 Å². The highest BCUT2D eigenvalue weighted by Crippen LogP contribution is 2.35. The Hall–Kier alpha value is -2.12. The molecule has 0 amide bonds. The lowest BCUT2D eigenvalue weighted by atomic mass is 10.1. The Morgan fingerprint density at radius 1 is 1.19 bits per heavy atom. The number of hydrogen-bond acceptors (Lipinski definition) is 5. The van der Waals surface area contributed by atoms with Crippen molar-refractivity contribution in [3.05, 3.63) is 40.3 Å². The fourth-order valence-electron chi connectivity index (χ4n) is 2.14. The van der Waals surface area contributed by atoms with Crippen LogP contribution in [0.3, 0.4) is 0 Å². The number of aromatic nitrogens is 2. The molecule has 2 aromatic heterocycles. The molecule has 0 saturated carbocycles. The predicted octanol–water partition coefficient (Wildman–Crippen LogP) is 3.54. The van der Waals surface area contributed by atoms with Gasteiger partial charge in [-0.25, -0.2) is 24.6 Å². The zero-order valence-corrected chi connectivity index (χ0v) is 12.2. The molecule has 21 heavy (non-hydrogen) atoms. The van der Waals surface area contributed by atoms with E-state index in [0.29, 0.717) is 10.6 Å². The Balaban J connectivity index is 2.32. The van der Waals surface area contributed by atoms with Gasteiger partial charge in [-0.3, -0.25) is 0 Å². The van der Waals surface area contributed by atoms with Gasteiger partial charge >= 0.3 is 0 Å². The van der Waals surface area contributed by atoms with Crippen molar-refractivity contribution in [2.45, 2.75) is 13.8 Å². The number of rotatable bonds is 2. The van der Waals surface area contributed by atoms with Gasteiger partial charge in [-0.05, 0) is 37.6 Å². The van der Waals surface area contributed by atoms with Crippen LogP contribution in [0.25, 0.3) is 21.6 Å². The Morgan fingerprint density at radius 3 is 2.67 bits per heavy atom. The molecule has 0 unspecified atom stereocenters. The van der Waals surface area contributed by atoms with Gasteiger partial charge in [0.05, 0.1) is 10.9 Å². The van der Waals surface area contributed by atoms with E-state index in [-0.39, 0.29) is 11.4 Å². The molecule has 7 heteroatoms. The zero-order chi connectivity index (χ0) is 15.1. The van der Waals surface area contributed by atoms with Crippen LogP contribution in [-0.2, 0) is 0 Å². The molecule has 108 valence electrons. The average molecular weight is 306 g/mol. The number of aryl methyl sites for hydroxylation is 2. The summed E-state index contributed by atoms with van der Waals surface area (Å²) in [5, 5.41) is 0.806. The summed E-state index contributed by atoms with van der Waals surface area (Å²) in [5.74, 6) is 4.89. The van der Waals surface area contributed by atoms with E-state index in [1.165, 1.54) is 11.3 Å². The highest BCUT2D eigenvalue weighted by Gasteiger charge is 2.17. The number of thiophene rings is 1. The van der Waals surface area contributed by atoms with E-state index in [9.17, 15) is 8.78 Å². The summed E-state index contributed by atoms with van der Waals surface area (Å²) >= 11 is 1.46. The summed E-state index contributed by atoms with van der Waals surface area (Å²) < 4.78 is 27.2. The first-order valence-electron chi connectivity index (χ1n) is 6.21. The largest absolute Gasteiger partial charge is 0.308 e. The molecule has 0 bridgehead atoms. The van der Waals surface area contributed by atoms with Crippen molar-refractivity contribution in [2.75, 3.05) is 5.43 Å². The minimum Gasteiger partial charge on any atom is -0.308 e. The SMILES string of the molecule is Cc1sc2nc(-c3cc(F)ccc3F)nc(NN)c2c1C. The van der Waals surface area contributed by atoms with Crippen LogP contribution >= 0.6 is 11.3 Å². The number of fused-ring (bicyclic) bond motifs is 1. The molecule has 0 aliphatic carbocycles. The Labute approximate surface area is 123 Å². The molecule has 0 aliphatic heterocycles. The summed E-state index contributed by atoms with van der Waals surface area (Å²) in [6.45, 7) is 3.91. The highest BCUT2D eigenvalue weighted by atomic mass is 32.1. The van der Waals surface area contributed by atoms with Gasteiger partial charge in [0.25, 0.3) is 0 Å². The van der Waals surface area contributed by atoms with Crippen LogP contribution in [0.2, 0.25) is 0 Å². The van der Waals surface area contributed by atoms with Gasteiger partial charge in [0.2, 0.25) is 0 Å². The lowest BCUT2D eigenvalue weighted by molar-refractivity contribution is 0.602. The van der Waals surface area contributed by atoms with E-state index in [1.54, 1.807) is 0 Å². The first kappa shape index (κ1) is 13.8. The molecule has 0 radical (unpaired) electrons. The van der Waals surface area contributed by atoms with Crippen molar-refractivity contribution in [3.8, 4) is 11.4 Å². The number of hydrogen-bond donors (Lipinski definition) is 2. The molecule has 4 nitrogen and oxygen atoms in total. The smallest absolute Gasteiger partial charge is 0.166 e. The summed E-state index contributed by atoms with van der Waals surface area (Å²) in [6, 6.07) is 3.18. The molecule has 0 aliphatic rings. The van der Waals surface area contributed by atoms with Crippen molar-refractivity contribution in [1.82, 2.24) is 9.97 Å². The van der Waals surface area contributed by atoms with Gasteiger partial charge in [-0.15, -0.1) is 11.3 Å². The lowest BCUT2D eigenvalue weighted by Gasteiger charge is -2.07. The normalized spacial score (nSPS) is 11.1. The fraction of sp³-hybridized carbons (Fsp3) is 0.143. The molecule has 2 heterocycles. The van der Waals surface area contributed by atoms with Crippen LogP contribution in [0.4, 0.5) is 14.6 Å². The minimum atomic E-state index is -0.580. The van der Waals surface area contributed by atoms with Crippen molar-refractivity contribution in [2.24, 2.45) is 5.84 Å². The van der Waals surface area contributed by atoms with Gasteiger partial charge in [0, 0.05) is 4.88 Å². The molecule has 1 aromatic carbocycles. The maximum absolute atomic E-state index is 13.9. The van der Waals surface area contributed by atoms with Gasteiger partial charge in [0.15, 0.2) is 11.6 Å². The number of anilines is 1. The summed E-state index contributed by atoms with van der Waals surface area (Å²) in [7, 11) is 0. The zero-order valence-electron chi connectivity index (χ0n) is 11.4. The number of halogens is 2. The number of nitrogens with zero attached hydrogens (tertiary/aromatic N) is 2. The molecule has 0 atom stereocenters. The molecule has 3 rings (SSSR count). The van der Waals surface area contributed by atoms with E-state index >= 15 is 0 Å². The molecular formula is C14H12F2N4S. The topological polar surface area (TPSA) is 63.8 Å². The number of nitrogens with two attached hydrogens (primary N) is 1. The highest BCUT2D eigenvalue weighted by molar-refractivity contribution is 7.18. The quantitative estimate of drug-likeness (QED) is 0.561. The van der Waals surface area contributed by atoms with Crippen LogP contribution in [0, 0.1) is 25.5 Å². The van der Waals surface area contributed by atoms with E-state index in [4.69, 9.17) is 5.84 Å². The average Bonchev–Trinajstić information content (AvgIpc) is 2.76. The van der Waals surface area contributed by atoms with Crippen molar-refractivity contribution < 1.29 is 8.78 Å². The number of nitrogen functional groups attached to an aromatic ring is 1. The molecular weight excluding hydrogens is 294 g/mol. The van der Waals surface area contributed by atoms with E-state index in [2.05, 4.69) is 15.4 Å². The van der Waals surface area contributed by atoms with E-state index in [1.807, 2.05) is 13.8 Å². The monoisotopic (exact) mass is 306 g/mol. The first-order chi connectivity index (χ1) is 10.0. The Morgan fingerprint density at radius 2 is 1.95 bits per heavy atom. The molecule has 0 saturated heterocycles. The van der Waals surface area contributed by atoms with Crippen LogP contribution in [-0.4, -0.2) is 9.97 Å². The van der Waals surface area contributed by atoms with Crippen LogP contribution in [0.1, 0.15) is 10.4 Å². The Kier molecular flexibility index (Phi) is 3.30. The Bertz CT molecular complexity index is 845. The van der Waals surface area contributed by atoms with Crippen LogP contribution in [0.5, 0.6) is 0 Å². The maximum atomic E-state index is 13.9. The third-order valence-electron chi connectivity index (χ3n) is 3.33. The van der Waals surface area contributed by atoms with E-state index in [0.717, 1.165) is 34.0 Å². The summed E-state index contributed by atoms with van der Waals surface area (Å²) in [5.41, 5.74) is 3.54. The standard InChI is InChI=1S/C14H12F2N4S/c1-6-7(2)21-14-11(6)13(20-17)18-12(19-14)9-5-8(15)3-4-10(9)16/h3-5H,17H2,1-2H3,(H,18,19,20).